The van der Waals surface area contributed by atoms with E-state index in [1.807, 2.05) is 4.90 Å². The molecule has 0 aliphatic carbocycles. The van der Waals surface area contributed by atoms with Crippen LogP contribution < -0.4 is 10.2 Å². The first-order chi connectivity index (χ1) is 12.9. The van der Waals surface area contributed by atoms with E-state index in [0.717, 1.165) is 37.1 Å². The third-order valence-corrected chi connectivity index (χ3v) is 4.62. The van der Waals surface area contributed by atoms with Crippen LogP contribution in [0.1, 0.15) is 24.0 Å². The van der Waals surface area contributed by atoms with Gasteiger partial charge in [-0.3, -0.25) is 4.79 Å². The van der Waals surface area contributed by atoms with Crippen LogP contribution in [0.25, 0.3) is 0 Å². The van der Waals surface area contributed by atoms with E-state index in [1.54, 1.807) is 18.5 Å². The van der Waals surface area contributed by atoms with Gasteiger partial charge in [0.05, 0.1) is 11.5 Å². The van der Waals surface area contributed by atoms with E-state index < -0.39 is 11.7 Å². The number of hydrogen-bond donors (Lipinski definition) is 1. The Hall–Kier alpha value is -2.64. The summed E-state index contributed by atoms with van der Waals surface area (Å²) in [4.78, 5) is 22.9. The summed E-state index contributed by atoms with van der Waals surface area (Å²) >= 11 is 0. The third-order valence-electron chi connectivity index (χ3n) is 4.62. The number of carbonyl (C=O) groups is 1. The van der Waals surface area contributed by atoms with E-state index in [0.29, 0.717) is 25.5 Å². The van der Waals surface area contributed by atoms with Gasteiger partial charge >= 0.3 is 6.18 Å². The summed E-state index contributed by atoms with van der Waals surface area (Å²) in [5.41, 5.74) is 0.0898. The van der Waals surface area contributed by atoms with Crippen molar-refractivity contribution in [3.05, 3.63) is 53.9 Å². The maximum Gasteiger partial charge on any atom is 0.416 e. The molecule has 0 bridgehead atoms. The number of carbonyl (C=O) groups excluding carboxylic acids is 1. The molecule has 1 aliphatic heterocycles. The fourth-order valence-corrected chi connectivity index (χ4v) is 3.16. The van der Waals surface area contributed by atoms with E-state index in [2.05, 4.69) is 15.3 Å². The standard InChI is InChI=1S/C19H21F3N4O/c20-19(21,22)16-6-4-14(5-7-16)8-11-23-17(27)15-3-1-12-26(13-15)18-24-9-2-10-25-18/h2,4-7,9-10,15H,1,3,8,11-13H2,(H,23,27)/t15-/m0/s1. The number of halogens is 3. The second kappa shape index (κ2) is 8.37. The normalized spacial score (nSPS) is 17.6. The lowest BCUT2D eigenvalue weighted by Gasteiger charge is -2.31. The number of rotatable bonds is 5. The number of alkyl halides is 3. The van der Waals surface area contributed by atoms with Crippen LogP contribution in [0.5, 0.6) is 0 Å². The Bertz CT molecular complexity index is 750. The maximum absolute atomic E-state index is 12.6. The highest BCUT2D eigenvalue weighted by molar-refractivity contribution is 5.79. The zero-order valence-electron chi connectivity index (χ0n) is 14.7. The highest BCUT2D eigenvalue weighted by Gasteiger charge is 2.30. The van der Waals surface area contributed by atoms with E-state index in [9.17, 15) is 18.0 Å². The van der Waals surface area contributed by atoms with Crippen LogP contribution in [0.3, 0.4) is 0 Å². The molecule has 3 rings (SSSR count). The van der Waals surface area contributed by atoms with Crippen molar-refractivity contribution in [3.63, 3.8) is 0 Å². The molecular formula is C19H21F3N4O. The first-order valence-corrected chi connectivity index (χ1v) is 8.89. The van der Waals surface area contributed by atoms with Crippen LogP contribution in [0.15, 0.2) is 42.7 Å². The van der Waals surface area contributed by atoms with Gasteiger partial charge in [-0.2, -0.15) is 13.2 Å². The molecule has 1 aliphatic rings. The van der Waals surface area contributed by atoms with Gasteiger partial charge in [-0.25, -0.2) is 9.97 Å². The summed E-state index contributed by atoms with van der Waals surface area (Å²) in [6, 6.07) is 6.78. The zero-order valence-corrected chi connectivity index (χ0v) is 14.7. The fraction of sp³-hybridized carbons (Fsp3) is 0.421. The molecule has 144 valence electrons. The number of nitrogens with zero attached hydrogens (tertiary/aromatic N) is 3. The minimum atomic E-state index is -4.33. The lowest BCUT2D eigenvalue weighted by molar-refractivity contribution is -0.137. The third kappa shape index (κ3) is 5.18. The number of amides is 1. The van der Waals surface area contributed by atoms with E-state index >= 15 is 0 Å². The van der Waals surface area contributed by atoms with E-state index in [1.165, 1.54) is 12.1 Å². The molecule has 0 spiro atoms. The van der Waals surface area contributed by atoms with Crippen LogP contribution in [-0.4, -0.2) is 35.5 Å². The Morgan fingerprint density at radius 1 is 1.19 bits per heavy atom. The smallest absolute Gasteiger partial charge is 0.355 e. The summed E-state index contributed by atoms with van der Waals surface area (Å²) in [5.74, 6) is 0.442. The Balaban J connectivity index is 1.47. The molecular weight excluding hydrogens is 357 g/mol. The average Bonchev–Trinajstić information content (AvgIpc) is 2.68. The second-order valence-corrected chi connectivity index (χ2v) is 6.57. The highest BCUT2D eigenvalue weighted by Crippen LogP contribution is 2.29. The lowest BCUT2D eigenvalue weighted by atomic mass is 9.97. The molecule has 1 aromatic heterocycles. The van der Waals surface area contributed by atoms with Crippen molar-refractivity contribution < 1.29 is 18.0 Å². The minimum absolute atomic E-state index is 0.0393. The van der Waals surface area contributed by atoms with Gasteiger partial charge in [0.15, 0.2) is 0 Å². The number of piperidine rings is 1. The number of aromatic nitrogens is 2. The molecule has 1 aromatic carbocycles. The second-order valence-electron chi connectivity index (χ2n) is 6.57. The van der Waals surface area contributed by atoms with Crippen LogP contribution in [0.4, 0.5) is 19.1 Å². The molecule has 2 aromatic rings. The highest BCUT2D eigenvalue weighted by atomic mass is 19.4. The Labute approximate surface area is 155 Å². The number of benzene rings is 1. The number of hydrogen-bond acceptors (Lipinski definition) is 4. The quantitative estimate of drug-likeness (QED) is 0.869. The molecule has 1 fully saturated rings. The molecule has 1 atom stereocenters. The Morgan fingerprint density at radius 2 is 1.89 bits per heavy atom. The first-order valence-electron chi connectivity index (χ1n) is 8.89. The van der Waals surface area contributed by atoms with E-state index in [-0.39, 0.29) is 11.8 Å². The van der Waals surface area contributed by atoms with Gasteiger partial charge in [0.2, 0.25) is 11.9 Å². The van der Waals surface area contributed by atoms with Crippen LogP contribution in [0, 0.1) is 5.92 Å². The molecule has 5 nitrogen and oxygen atoms in total. The molecule has 1 amide bonds. The molecule has 1 saturated heterocycles. The van der Waals surface area contributed by atoms with Crippen molar-refractivity contribution in [2.45, 2.75) is 25.4 Å². The fourth-order valence-electron chi connectivity index (χ4n) is 3.16. The molecule has 27 heavy (non-hydrogen) atoms. The molecule has 0 saturated carbocycles. The van der Waals surface area contributed by atoms with Crippen molar-refractivity contribution in [1.82, 2.24) is 15.3 Å². The first kappa shape index (κ1) is 19.1. The zero-order chi connectivity index (χ0) is 19.3. The van der Waals surface area contributed by atoms with Gasteiger partial charge < -0.3 is 10.2 Å². The lowest BCUT2D eigenvalue weighted by Crippen LogP contribution is -2.44. The van der Waals surface area contributed by atoms with Gasteiger partial charge in [0, 0.05) is 32.0 Å². The SMILES string of the molecule is O=C(NCCc1ccc(C(F)(F)F)cc1)[C@H]1CCCN(c2ncccn2)C1. The minimum Gasteiger partial charge on any atom is -0.355 e. The summed E-state index contributed by atoms with van der Waals surface area (Å²) in [6.45, 7) is 1.78. The van der Waals surface area contributed by atoms with Crippen molar-refractivity contribution in [2.24, 2.45) is 5.92 Å². The monoisotopic (exact) mass is 378 g/mol. The maximum atomic E-state index is 12.6. The van der Waals surface area contributed by atoms with Crippen molar-refractivity contribution in [1.29, 1.82) is 0 Å². The van der Waals surface area contributed by atoms with Gasteiger partial charge in [0.1, 0.15) is 0 Å². The van der Waals surface area contributed by atoms with Crippen LogP contribution in [0.2, 0.25) is 0 Å². The molecule has 8 heteroatoms. The number of anilines is 1. The topological polar surface area (TPSA) is 58.1 Å². The van der Waals surface area contributed by atoms with Crippen molar-refractivity contribution in [2.75, 3.05) is 24.5 Å². The molecule has 1 N–H and O–H groups in total. The summed E-state index contributed by atoms with van der Waals surface area (Å²) in [5, 5.41) is 2.89. The molecule has 0 unspecified atom stereocenters. The van der Waals surface area contributed by atoms with Gasteiger partial charge in [0.25, 0.3) is 0 Å². The van der Waals surface area contributed by atoms with Crippen LogP contribution in [-0.2, 0) is 17.4 Å². The predicted octanol–water partition coefficient (Wildman–Crippen LogP) is 3.07. The summed E-state index contributed by atoms with van der Waals surface area (Å²) < 4.78 is 37.7. The van der Waals surface area contributed by atoms with Gasteiger partial charge in [-0.15, -0.1) is 0 Å². The largest absolute Gasteiger partial charge is 0.416 e. The average molecular weight is 378 g/mol. The molecule has 2 heterocycles. The summed E-state index contributed by atoms with van der Waals surface area (Å²) in [7, 11) is 0. The Kier molecular flexibility index (Phi) is 5.93. The Morgan fingerprint density at radius 3 is 2.56 bits per heavy atom. The number of nitrogens with one attached hydrogen (secondary N) is 1. The van der Waals surface area contributed by atoms with Crippen LogP contribution >= 0.6 is 0 Å². The van der Waals surface area contributed by atoms with Crippen molar-refractivity contribution in [3.8, 4) is 0 Å². The molecule has 0 radical (unpaired) electrons. The van der Waals surface area contributed by atoms with E-state index in [4.69, 9.17) is 0 Å². The van der Waals surface area contributed by atoms with Crippen molar-refractivity contribution >= 4 is 11.9 Å². The predicted molar refractivity (Wildman–Crippen MR) is 95.1 cm³/mol. The van der Waals surface area contributed by atoms with Gasteiger partial charge in [-0.1, -0.05) is 12.1 Å². The summed E-state index contributed by atoms with van der Waals surface area (Å²) in [6.07, 6.45) is 1.20. The van der Waals surface area contributed by atoms with Gasteiger partial charge in [-0.05, 0) is 43.0 Å².